The molecule has 0 radical (unpaired) electrons. The molecule has 1 atom stereocenters. The van der Waals surface area contributed by atoms with E-state index in [0.717, 1.165) is 16.4 Å². The number of benzene rings is 1. The van der Waals surface area contributed by atoms with Crippen LogP contribution in [0.1, 0.15) is 30.5 Å². The monoisotopic (exact) mass is 311 g/mol. The molecule has 118 valence electrons. The Balaban J connectivity index is 2.07. The number of carbonyl (C=O) groups is 1. The number of rotatable bonds is 4. The van der Waals surface area contributed by atoms with Gasteiger partial charge in [0.25, 0.3) is 0 Å². The third-order valence-electron chi connectivity index (χ3n) is 3.23. The fraction of sp³-hybridized carbons (Fsp3) is 0.333. The number of hydrogen-bond donors (Lipinski definition) is 1. The maximum Gasteiger partial charge on any atom is 0.437 e. The molecule has 1 aromatic carbocycles. The fourth-order valence-corrected chi connectivity index (χ4v) is 2.17. The maximum atomic E-state index is 12.8. The first kappa shape index (κ1) is 16.1. The second-order valence-electron chi connectivity index (χ2n) is 5.13. The van der Waals surface area contributed by atoms with E-state index >= 15 is 0 Å². The Morgan fingerprint density at radius 1 is 1.32 bits per heavy atom. The second kappa shape index (κ2) is 6.21. The number of aromatic nitrogens is 2. The lowest BCUT2D eigenvalue weighted by atomic mass is 9.97. The van der Waals surface area contributed by atoms with Crippen molar-refractivity contribution < 1.29 is 18.0 Å². The highest BCUT2D eigenvalue weighted by Gasteiger charge is 2.37. The van der Waals surface area contributed by atoms with Gasteiger partial charge in [0.15, 0.2) is 5.69 Å². The highest BCUT2D eigenvalue weighted by Crippen LogP contribution is 2.33. The van der Waals surface area contributed by atoms with Crippen LogP contribution in [0.3, 0.4) is 0 Å². The molecule has 7 heteroatoms. The van der Waals surface area contributed by atoms with Gasteiger partial charge in [-0.25, -0.2) is 0 Å². The van der Waals surface area contributed by atoms with Crippen molar-refractivity contribution in [2.45, 2.75) is 25.4 Å². The Kier molecular flexibility index (Phi) is 4.54. The molecule has 4 nitrogen and oxygen atoms in total. The molecule has 22 heavy (non-hydrogen) atoms. The summed E-state index contributed by atoms with van der Waals surface area (Å²) in [4.78, 5) is 12.0. The summed E-state index contributed by atoms with van der Waals surface area (Å²) >= 11 is 0. The summed E-state index contributed by atoms with van der Waals surface area (Å²) in [6.45, 7) is 1.85. The quantitative estimate of drug-likeness (QED) is 0.938. The average molecular weight is 311 g/mol. The minimum atomic E-state index is -4.60. The average Bonchev–Trinajstić information content (AvgIpc) is 2.80. The van der Waals surface area contributed by atoms with Crippen LogP contribution in [0.15, 0.2) is 36.5 Å². The standard InChI is InChI=1S/C15H16F3N3O/c1-10(11-6-4-3-5-7-11)8-13(22)19-12-9-21(2)20-14(12)15(16,17)18/h3-7,9-10H,8H2,1-2H3,(H,19,22). The number of halogens is 3. The molecule has 0 bridgehead atoms. The zero-order chi connectivity index (χ0) is 16.3. The van der Waals surface area contributed by atoms with Crippen LogP contribution in [0, 0.1) is 0 Å². The highest BCUT2D eigenvalue weighted by atomic mass is 19.4. The smallest absolute Gasteiger partial charge is 0.323 e. The highest BCUT2D eigenvalue weighted by molar-refractivity contribution is 5.91. The van der Waals surface area contributed by atoms with Crippen LogP contribution in [0.5, 0.6) is 0 Å². The Morgan fingerprint density at radius 3 is 2.55 bits per heavy atom. The SMILES string of the molecule is CC(CC(=O)Nc1cn(C)nc1C(F)(F)F)c1ccccc1. The maximum absolute atomic E-state index is 12.8. The van der Waals surface area contributed by atoms with Crippen LogP contribution < -0.4 is 5.32 Å². The van der Waals surface area contributed by atoms with E-state index in [-0.39, 0.29) is 18.0 Å². The Bertz CT molecular complexity index is 650. The first-order chi connectivity index (χ1) is 10.3. The molecule has 0 spiro atoms. The summed E-state index contributed by atoms with van der Waals surface area (Å²) in [6, 6.07) is 9.33. The van der Waals surface area contributed by atoms with E-state index in [0.29, 0.717) is 0 Å². The van der Waals surface area contributed by atoms with Crippen molar-refractivity contribution in [3.63, 3.8) is 0 Å². The van der Waals surface area contributed by atoms with E-state index in [9.17, 15) is 18.0 Å². The number of amides is 1. The molecule has 0 aliphatic carbocycles. The van der Waals surface area contributed by atoms with Gasteiger partial charge in [-0.1, -0.05) is 37.3 Å². The molecule has 0 fully saturated rings. The molecule has 0 saturated heterocycles. The first-order valence-corrected chi connectivity index (χ1v) is 6.73. The molecular weight excluding hydrogens is 295 g/mol. The van der Waals surface area contributed by atoms with Gasteiger partial charge in [0.1, 0.15) is 0 Å². The lowest BCUT2D eigenvalue weighted by molar-refractivity contribution is -0.140. The van der Waals surface area contributed by atoms with Crippen molar-refractivity contribution in [3.05, 3.63) is 47.8 Å². The Morgan fingerprint density at radius 2 is 1.95 bits per heavy atom. The molecule has 2 rings (SSSR count). The first-order valence-electron chi connectivity index (χ1n) is 6.73. The van der Waals surface area contributed by atoms with E-state index in [4.69, 9.17) is 0 Å². The number of carbonyl (C=O) groups excluding carboxylic acids is 1. The van der Waals surface area contributed by atoms with Crippen molar-refractivity contribution in [1.29, 1.82) is 0 Å². The van der Waals surface area contributed by atoms with E-state index in [1.807, 2.05) is 37.3 Å². The van der Waals surface area contributed by atoms with Crippen molar-refractivity contribution in [2.24, 2.45) is 7.05 Å². The van der Waals surface area contributed by atoms with E-state index in [2.05, 4.69) is 10.4 Å². The number of alkyl halides is 3. The molecule has 0 saturated carbocycles. The fourth-order valence-electron chi connectivity index (χ4n) is 2.17. The summed E-state index contributed by atoms with van der Waals surface area (Å²) in [7, 11) is 1.37. The Hall–Kier alpha value is -2.31. The minimum Gasteiger partial charge on any atom is -0.323 e. The lowest BCUT2D eigenvalue weighted by Crippen LogP contribution is -2.17. The normalized spacial score (nSPS) is 13.0. The molecule has 1 unspecified atom stereocenters. The van der Waals surface area contributed by atoms with Gasteiger partial charge in [-0.05, 0) is 11.5 Å². The van der Waals surface area contributed by atoms with Crippen molar-refractivity contribution in [2.75, 3.05) is 5.32 Å². The molecule has 1 aromatic heterocycles. The minimum absolute atomic E-state index is 0.0905. The molecule has 2 aromatic rings. The molecule has 1 N–H and O–H groups in total. The van der Waals surface area contributed by atoms with E-state index < -0.39 is 17.8 Å². The molecule has 1 amide bonds. The topological polar surface area (TPSA) is 46.9 Å². The van der Waals surface area contributed by atoms with Crippen LogP contribution in [-0.2, 0) is 18.0 Å². The number of hydrogen-bond acceptors (Lipinski definition) is 2. The van der Waals surface area contributed by atoms with Gasteiger partial charge < -0.3 is 5.32 Å². The van der Waals surface area contributed by atoms with Crippen molar-refractivity contribution in [1.82, 2.24) is 9.78 Å². The van der Waals surface area contributed by atoms with Crippen LogP contribution in [0.4, 0.5) is 18.9 Å². The zero-order valence-electron chi connectivity index (χ0n) is 12.2. The number of anilines is 1. The van der Waals surface area contributed by atoms with Gasteiger partial charge in [-0.15, -0.1) is 0 Å². The Labute approximate surface area is 125 Å². The van der Waals surface area contributed by atoms with Gasteiger partial charge in [0.2, 0.25) is 5.91 Å². The predicted octanol–water partition coefficient (Wildman–Crippen LogP) is 3.57. The van der Waals surface area contributed by atoms with Crippen LogP contribution in [0.2, 0.25) is 0 Å². The lowest BCUT2D eigenvalue weighted by Gasteiger charge is -2.12. The number of nitrogens with one attached hydrogen (secondary N) is 1. The van der Waals surface area contributed by atoms with Gasteiger partial charge in [-0.3, -0.25) is 9.48 Å². The van der Waals surface area contributed by atoms with Gasteiger partial charge in [0.05, 0.1) is 5.69 Å². The molecule has 0 aliphatic heterocycles. The van der Waals surface area contributed by atoms with Crippen LogP contribution >= 0.6 is 0 Å². The van der Waals surface area contributed by atoms with Gasteiger partial charge in [-0.2, -0.15) is 18.3 Å². The summed E-state index contributed by atoms with van der Waals surface area (Å²) < 4.78 is 39.5. The predicted molar refractivity (Wildman–Crippen MR) is 76.3 cm³/mol. The van der Waals surface area contributed by atoms with Crippen molar-refractivity contribution >= 4 is 11.6 Å². The summed E-state index contributed by atoms with van der Waals surface area (Å²) in [5.74, 6) is -0.568. The van der Waals surface area contributed by atoms with E-state index in [1.165, 1.54) is 7.05 Å². The largest absolute Gasteiger partial charge is 0.437 e. The molecular formula is C15H16F3N3O. The van der Waals surface area contributed by atoms with E-state index in [1.54, 1.807) is 0 Å². The van der Waals surface area contributed by atoms with Gasteiger partial charge in [0, 0.05) is 19.7 Å². The number of nitrogens with zero attached hydrogens (tertiary/aromatic N) is 2. The second-order valence-corrected chi connectivity index (χ2v) is 5.13. The molecule has 1 heterocycles. The summed E-state index contributed by atoms with van der Waals surface area (Å²) in [5.41, 5.74) is -0.448. The zero-order valence-corrected chi connectivity index (χ0v) is 12.2. The third kappa shape index (κ3) is 3.87. The number of aryl methyl sites for hydroxylation is 1. The third-order valence-corrected chi connectivity index (χ3v) is 3.23. The van der Waals surface area contributed by atoms with Gasteiger partial charge >= 0.3 is 6.18 Å². The van der Waals surface area contributed by atoms with Crippen LogP contribution in [-0.4, -0.2) is 15.7 Å². The van der Waals surface area contributed by atoms with Crippen molar-refractivity contribution in [3.8, 4) is 0 Å². The molecule has 0 aliphatic rings. The summed E-state index contributed by atoms with van der Waals surface area (Å²) in [6.07, 6.45) is -3.36. The van der Waals surface area contributed by atoms with Crippen LogP contribution in [0.25, 0.3) is 0 Å². The summed E-state index contributed by atoms with van der Waals surface area (Å²) in [5, 5.41) is 5.65.